The fourth-order valence-electron chi connectivity index (χ4n) is 1.61. The number of nitrogen functional groups attached to an aromatic ring is 1. The van der Waals surface area contributed by atoms with Gasteiger partial charge in [-0.05, 0) is 30.5 Å². The zero-order chi connectivity index (χ0) is 14.9. The molecule has 4 nitrogen and oxygen atoms in total. The van der Waals surface area contributed by atoms with E-state index in [-0.39, 0.29) is 5.84 Å². The molecule has 0 amide bonds. The highest BCUT2D eigenvalue weighted by atomic mass is 79.9. The highest BCUT2D eigenvalue weighted by Gasteiger charge is 2.21. The minimum Gasteiger partial charge on any atom is -0.383 e. The summed E-state index contributed by atoms with van der Waals surface area (Å²) in [6.07, 6.45) is 1.86. The topological polar surface area (TPSA) is 90.8 Å². The first-order chi connectivity index (χ1) is 9.36. The third kappa shape index (κ3) is 2.93. The molecule has 0 bridgehead atoms. The minimum atomic E-state index is -3.11. The number of thiophene rings is 1. The lowest BCUT2D eigenvalue weighted by molar-refractivity contribution is 0.673. The van der Waals surface area contributed by atoms with Crippen LogP contribution in [0, 0.1) is 10.2 Å². The van der Waals surface area contributed by atoms with Gasteiger partial charge >= 0.3 is 0 Å². The van der Waals surface area contributed by atoms with E-state index in [1.807, 2.05) is 12.3 Å². The Balaban J connectivity index is 2.63. The van der Waals surface area contributed by atoms with Gasteiger partial charge in [0.2, 0.25) is 0 Å². The van der Waals surface area contributed by atoms with Gasteiger partial charge in [0.15, 0.2) is 0 Å². The van der Waals surface area contributed by atoms with Gasteiger partial charge in [0.1, 0.15) is 15.6 Å². The molecule has 0 spiro atoms. The molecule has 106 valence electrons. The zero-order valence-electron chi connectivity index (χ0n) is 10.5. The number of benzene rings is 1. The molecular formula is C12H12BrN3OS3. The third-order valence-corrected chi connectivity index (χ3v) is 7.47. The normalized spacial score (nSPS) is 13.9. The standard InChI is InChI=1S/C12H12BrN3OS3/c1-18-12-10(6-9(19-12)11(14)15)20(16,17)8-4-2-3-7(13)5-8/h2-6,16H,1H3,(H3,14,15). The molecule has 2 aromatic rings. The summed E-state index contributed by atoms with van der Waals surface area (Å²) in [7, 11) is -3.11. The van der Waals surface area contributed by atoms with Gasteiger partial charge in [-0.1, -0.05) is 22.0 Å². The van der Waals surface area contributed by atoms with Crippen molar-refractivity contribution in [3.8, 4) is 0 Å². The maximum absolute atomic E-state index is 12.9. The Labute approximate surface area is 134 Å². The van der Waals surface area contributed by atoms with E-state index in [0.29, 0.717) is 14.7 Å². The summed E-state index contributed by atoms with van der Waals surface area (Å²) >= 11 is 6.04. The molecule has 8 heteroatoms. The smallest absolute Gasteiger partial charge is 0.133 e. The number of nitrogens with one attached hydrogen (secondary N) is 2. The summed E-state index contributed by atoms with van der Waals surface area (Å²) in [5.74, 6) is -0.0685. The molecule has 0 aliphatic rings. The second-order valence-corrected chi connectivity index (χ2v) is 8.96. The second kappa shape index (κ2) is 5.88. The van der Waals surface area contributed by atoms with Gasteiger partial charge in [-0.15, -0.1) is 23.1 Å². The summed E-state index contributed by atoms with van der Waals surface area (Å²) in [5, 5.41) is 7.48. The monoisotopic (exact) mass is 389 g/mol. The highest BCUT2D eigenvalue weighted by Crippen LogP contribution is 2.37. The van der Waals surface area contributed by atoms with Crippen LogP contribution in [0.5, 0.6) is 0 Å². The van der Waals surface area contributed by atoms with Crippen LogP contribution in [-0.2, 0) is 9.73 Å². The lowest BCUT2D eigenvalue weighted by Crippen LogP contribution is -2.08. The molecule has 1 aromatic heterocycles. The predicted octanol–water partition coefficient (Wildman–Crippen LogP) is 3.98. The van der Waals surface area contributed by atoms with Crippen LogP contribution in [0.1, 0.15) is 4.88 Å². The van der Waals surface area contributed by atoms with Crippen molar-refractivity contribution in [1.29, 1.82) is 10.2 Å². The first-order valence-corrected chi connectivity index (χ1v) is 9.82. The SMILES string of the molecule is CSc1sc(C(=N)N)cc1S(=N)(=O)c1cccc(Br)c1. The average molecular weight is 390 g/mol. The van der Waals surface area contributed by atoms with Crippen LogP contribution in [0.25, 0.3) is 0 Å². The number of thioether (sulfide) groups is 1. The van der Waals surface area contributed by atoms with E-state index in [0.717, 1.165) is 8.68 Å². The zero-order valence-corrected chi connectivity index (χ0v) is 14.5. The molecule has 1 atom stereocenters. The largest absolute Gasteiger partial charge is 0.383 e. The summed E-state index contributed by atoms with van der Waals surface area (Å²) in [5.41, 5.74) is 5.48. The van der Waals surface area contributed by atoms with Crippen LogP contribution in [0.15, 0.2) is 48.8 Å². The Bertz CT molecular complexity index is 768. The van der Waals surface area contributed by atoms with E-state index >= 15 is 0 Å². The number of hydrogen-bond acceptors (Lipinski definition) is 5. The molecule has 0 saturated carbocycles. The van der Waals surface area contributed by atoms with Crippen molar-refractivity contribution in [2.24, 2.45) is 5.73 Å². The highest BCUT2D eigenvalue weighted by molar-refractivity contribution is 9.10. The van der Waals surface area contributed by atoms with Crippen molar-refractivity contribution in [1.82, 2.24) is 0 Å². The number of hydrogen-bond donors (Lipinski definition) is 3. The molecular weight excluding hydrogens is 378 g/mol. The van der Waals surface area contributed by atoms with E-state index in [1.54, 1.807) is 24.3 Å². The Hall–Kier alpha value is -0.830. The second-order valence-electron chi connectivity index (χ2n) is 3.89. The molecule has 0 aliphatic carbocycles. The van der Waals surface area contributed by atoms with Crippen LogP contribution in [-0.4, -0.2) is 16.3 Å². The summed E-state index contributed by atoms with van der Waals surface area (Å²) in [6, 6.07) is 8.53. The van der Waals surface area contributed by atoms with Crippen LogP contribution in [0.4, 0.5) is 0 Å². The lowest BCUT2D eigenvalue weighted by atomic mass is 10.4. The number of rotatable bonds is 4. The van der Waals surface area contributed by atoms with Gasteiger partial charge in [-0.3, -0.25) is 5.41 Å². The molecule has 20 heavy (non-hydrogen) atoms. The molecule has 4 N–H and O–H groups in total. The van der Waals surface area contributed by atoms with Crippen molar-refractivity contribution < 1.29 is 4.21 Å². The number of halogens is 1. The fraction of sp³-hybridized carbons (Fsp3) is 0.0833. The molecule has 1 heterocycles. The quantitative estimate of drug-likeness (QED) is 0.419. The van der Waals surface area contributed by atoms with Crippen LogP contribution < -0.4 is 5.73 Å². The van der Waals surface area contributed by atoms with E-state index in [9.17, 15) is 4.21 Å². The Kier molecular flexibility index (Phi) is 4.58. The molecule has 0 fully saturated rings. The first kappa shape index (κ1) is 15.6. The van der Waals surface area contributed by atoms with Crippen molar-refractivity contribution in [2.75, 3.05) is 6.26 Å². The molecule has 0 saturated heterocycles. The average Bonchev–Trinajstić information content (AvgIpc) is 2.83. The fourth-order valence-corrected chi connectivity index (χ4v) is 6.15. The summed E-state index contributed by atoms with van der Waals surface area (Å²) in [6.45, 7) is 0. The van der Waals surface area contributed by atoms with E-state index < -0.39 is 9.73 Å². The van der Waals surface area contributed by atoms with Crippen LogP contribution >= 0.6 is 39.0 Å². The Morgan fingerprint density at radius 2 is 2.15 bits per heavy atom. The van der Waals surface area contributed by atoms with Gasteiger partial charge in [-0.25, -0.2) is 8.99 Å². The maximum Gasteiger partial charge on any atom is 0.133 e. The van der Waals surface area contributed by atoms with Gasteiger partial charge in [0, 0.05) is 4.47 Å². The van der Waals surface area contributed by atoms with Gasteiger partial charge in [0.25, 0.3) is 0 Å². The van der Waals surface area contributed by atoms with Gasteiger partial charge in [0.05, 0.1) is 18.9 Å². The van der Waals surface area contributed by atoms with Crippen molar-refractivity contribution in [3.05, 3.63) is 39.7 Å². The third-order valence-electron chi connectivity index (χ3n) is 2.55. The minimum absolute atomic E-state index is 0.0685. The molecule has 0 aliphatic heterocycles. The van der Waals surface area contributed by atoms with Crippen molar-refractivity contribution >= 4 is 54.6 Å². The van der Waals surface area contributed by atoms with Gasteiger partial charge in [-0.2, -0.15) is 0 Å². The first-order valence-electron chi connectivity index (χ1n) is 5.43. The number of amidine groups is 1. The molecule has 1 unspecified atom stereocenters. The molecule has 2 rings (SSSR count). The maximum atomic E-state index is 12.9. The van der Waals surface area contributed by atoms with E-state index in [4.69, 9.17) is 15.9 Å². The summed E-state index contributed by atoms with van der Waals surface area (Å²) in [4.78, 5) is 1.41. The predicted molar refractivity (Wildman–Crippen MR) is 88.7 cm³/mol. The Morgan fingerprint density at radius 3 is 2.70 bits per heavy atom. The van der Waals surface area contributed by atoms with E-state index in [2.05, 4.69) is 15.9 Å². The van der Waals surface area contributed by atoms with Crippen molar-refractivity contribution in [3.63, 3.8) is 0 Å². The summed E-state index contributed by atoms with van der Waals surface area (Å²) < 4.78 is 22.7. The molecule has 1 aromatic carbocycles. The van der Waals surface area contributed by atoms with Crippen LogP contribution in [0.2, 0.25) is 0 Å². The van der Waals surface area contributed by atoms with Gasteiger partial charge < -0.3 is 5.73 Å². The van der Waals surface area contributed by atoms with E-state index in [1.165, 1.54) is 23.1 Å². The van der Waals surface area contributed by atoms with Crippen LogP contribution in [0.3, 0.4) is 0 Å². The van der Waals surface area contributed by atoms with Crippen molar-refractivity contribution in [2.45, 2.75) is 14.0 Å². The Morgan fingerprint density at radius 1 is 1.45 bits per heavy atom. The number of nitrogens with two attached hydrogens (primary N) is 1. The lowest BCUT2D eigenvalue weighted by Gasteiger charge is -2.08. The molecule has 0 radical (unpaired) electrons.